The van der Waals surface area contributed by atoms with Gasteiger partial charge in [-0.25, -0.2) is 0 Å². The molecule has 108 valence electrons. The molecule has 0 amide bonds. The van der Waals surface area contributed by atoms with Crippen LogP contribution in [0.4, 0.5) is 0 Å². The van der Waals surface area contributed by atoms with E-state index in [0.29, 0.717) is 17.6 Å². The van der Waals surface area contributed by atoms with Crippen molar-refractivity contribution in [1.82, 2.24) is 10.1 Å². The van der Waals surface area contributed by atoms with Crippen LogP contribution in [0.1, 0.15) is 42.1 Å². The summed E-state index contributed by atoms with van der Waals surface area (Å²) in [5.74, 6) is 1.53. The van der Waals surface area contributed by atoms with Gasteiger partial charge in [0, 0.05) is 10.4 Å². The highest BCUT2D eigenvalue weighted by Crippen LogP contribution is 2.25. The monoisotopic (exact) mass is 299 g/mol. The number of benzene rings is 1. The van der Waals surface area contributed by atoms with Crippen LogP contribution in [0.3, 0.4) is 0 Å². The van der Waals surface area contributed by atoms with E-state index < -0.39 is 0 Å². The van der Waals surface area contributed by atoms with Crippen molar-refractivity contribution in [3.05, 3.63) is 58.1 Å². The molecule has 0 aliphatic carbocycles. The van der Waals surface area contributed by atoms with Crippen molar-refractivity contribution < 1.29 is 4.52 Å². The van der Waals surface area contributed by atoms with Crippen molar-refractivity contribution in [3.8, 4) is 11.4 Å². The zero-order valence-electron chi connectivity index (χ0n) is 12.0. The molecule has 0 radical (unpaired) electrons. The highest BCUT2D eigenvalue weighted by molar-refractivity contribution is 7.10. The topological polar surface area (TPSA) is 64.9 Å². The second-order valence-electron chi connectivity index (χ2n) is 5.23. The third kappa shape index (κ3) is 2.89. The van der Waals surface area contributed by atoms with E-state index in [1.165, 1.54) is 5.56 Å². The number of nitrogens with zero attached hydrogens (tertiary/aromatic N) is 2. The molecule has 1 atom stereocenters. The summed E-state index contributed by atoms with van der Waals surface area (Å²) in [5, 5.41) is 6.01. The summed E-state index contributed by atoms with van der Waals surface area (Å²) in [6.07, 6.45) is 0. The van der Waals surface area contributed by atoms with Crippen molar-refractivity contribution in [2.75, 3.05) is 0 Å². The first-order valence-corrected chi connectivity index (χ1v) is 7.76. The fraction of sp³-hybridized carbons (Fsp3) is 0.250. The first-order chi connectivity index (χ1) is 10.1. The van der Waals surface area contributed by atoms with Crippen LogP contribution in [0.2, 0.25) is 0 Å². The molecule has 0 fully saturated rings. The van der Waals surface area contributed by atoms with Crippen LogP contribution in [-0.2, 0) is 0 Å². The predicted octanol–water partition coefficient (Wildman–Crippen LogP) is 3.97. The highest BCUT2D eigenvalue weighted by Gasteiger charge is 2.18. The van der Waals surface area contributed by atoms with Gasteiger partial charge >= 0.3 is 0 Å². The van der Waals surface area contributed by atoms with E-state index >= 15 is 0 Å². The van der Waals surface area contributed by atoms with Gasteiger partial charge in [-0.2, -0.15) is 4.98 Å². The van der Waals surface area contributed by atoms with Gasteiger partial charge in [0.25, 0.3) is 0 Å². The smallest absolute Gasteiger partial charge is 0.249 e. The minimum atomic E-state index is -0.360. The summed E-state index contributed by atoms with van der Waals surface area (Å²) in [6.45, 7) is 4.34. The molecule has 5 heteroatoms. The van der Waals surface area contributed by atoms with Gasteiger partial charge in [-0.05, 0) is 22.9 Å². The Labute approximate surface area is 127 Å². The van der Waals surface area contributed by atoms with E-state index in [1.807, 2.05) is 29.6 Å². The number of aromatic nitrogens is 2. The molecule has 0 saturated heterocycles. The molecule has 0 aliphatic heterocycles. The Bertz CT molecular complexity index is 701. The molecule has 2 N–H and O–H groups in total. The average Bonchev–Trinajstić information content (AvgIpc) is 3.18. The molecule has 0 spiro atoms. The molecule has 21 heavy (non-hydrogen) atoms. The third-order valence-electron chi connectivity index (χ3n) is 3.39. The first-order valence-electron chi connectivity index (χ1n) is 6.88. The zero-order valence-corrected chi connectivity index (χ0v) is 12.8. The van der Waals surface area contributed by atoms with Crippen molar-refractivity contribution in [1.29, 1.82) is 0 Å². The van der Waals surface area contributed by atoms with Gasteiger partial charge in [0.15, 0.2) is 0 Å². The Morgan fingerprint density at radius 1 is 1.14 bits per heavy atom. The number of rotatable bonds is 4. The van der Waals surface area contributed by atoms with Crippen molar-refractivity contribution in [2.45, 2.75) is 25.8 Å². The van der Waals surface area contributed by atoms with Crippen molar-refractivity contribution in [3.63, 3.8) is 0 Å². The minimum absolute atomic E-state index is 0.360. The number of hydrogen-bond acceptors (Lipinski definition) is 5. The lowest BCUT2D eigenvalue weighted by molar-refractivity contribution is 0.368. The second kappa shape index (κ2) is 5.79. The summed E-state index contributed by atoms with van der Waals surface area (Å²) >= 11 is 1.58. The molecule has 4 nitrogen and oxygen atoms in total. The van der Waals surface area contributed by atoms with E-state index in [9.17, 15) is 0 Å². The molecule has 3 rings (SSSR count). The Morgan fingerprint density at radius 3 is 2.52 bits per heavy atom. The molecule has 0 aliphatic rings. The third-order valence-corrected chi connectivity index (χ3v) is 4.35. The molecule has 3 aromatic rings. The molecule has 1 aromatic carbocycles. The van der Waals surface area contributed by atoms with Crippen LogP contribution in [0.25, 0.3) is 11.4 Å². The lowest BCUT2D eigenvalue weighted by atomic mass is 10.0. The predicted molar refractivity (Wildman–Crippen MR) is 84.2 cm³/mol. The highest BCUT2D eigenvalue weighted by atomic mass is 32.1. The normalized spacial score (nSPS) is 12.8. The van der Waals surface area contributed by atoms with Crippen LogP contribution in [0.15, 0.2) is 46.3 Å². The first kappa shape index (κ1) is 14.0. The van der Waals surface area contributed by atoms with Gasteiger partial charge in [0.05, 0.1) is 0 Å². The second-order valence-corrected chi connectivity index (χ2v) is 6.21. The molecular weight excluding hydrogens is 282 g/mol. The van der Waals surface area contributed by atoms with E-state index in [4.69, 9.17) is 10.3 Å². The fourth-order valence-electron chi connectivity index (χ4n) is 2.09. The zero-order chi connectivity index (χ0) is 14.8. The van der Waals surface area contributed by atoms with Crippen LogP contribution in [0, 0.1) is 0 Å². The van der Waals surface area contributed by atoms with Gasteiger partial charge in [0.1, 0.15) is 6.04 Å². The average molecular weight is 299 g/mol. The Morgan fingerprint density at radius 2 is 1.90 bits per heavy atom. The molecular formula is C16H17N3OS. The Balaban J connectivity index is 1.84. The summed E-state index contributed by atoms with van der Waals surface area (Å²) in [7, 11) is 0. The summed E-state index contributed by atoms with van der Waals surface area (Å²) < 4.78 is 5.30. The molecule has 2 heterocycles. The van der Waals surface area contributed by atoms with E-state index in [1.54, 1.807) is 11.3 Å². The molecule has 0 saturated carbocycles. The van der Waals surface area contributed by atoms with Crippen molar-refractivity contribution in [2.24, 2.45) is 5.73 Å². The van der Waals surface area contributed by atoms with Crippen LogP contribution in [-0.4, -0.2) is 10.1 Å². The van der Waals surface area contributed by atoms with Crippen LogP contribution < -0.4 is 5.73 Å². The fourth-order valence-corrected chi connectivity index (χ4v) is 2.80. The van der Waals surface area contributed by atoms with Gasteiger partial charge in [-0.1, -0.05) is 49.3 Å². The van der Waals surface area contributed by atoms with Gasteiger partial charge < -0.3 is 10.3 Å². The largest absolute Gasteiger partial charge is 0.337 e. The maximum Gasteiger partial charge on any atom is 0.249 e. The lowest BCUT2D eigenvalue weighted by Gasteiger charge is -2.04. The SMILES string of the molecule is CC(C)c1ccc(-c2noc(C(N)c3cccs3)n2)cc1. The molecule has 1 unspecified atom stereocenters. The maximum absolute atomic E-state index is 6.13. The summed E-state index contributed by atoms with van der Waals surface area (Å²) in [6, 6.07) is 11.8. The summed E-state index contributed by atoms with van der Waals surface area (Å²) in [5.41, 5.74) is 8.36. The van der Waals surface area contributed by atoms with Gasteiger partial charge in [-0.3, -0.25) is 0 Å². The minimum Gasteiger partial charge on any atom is -0.337 e. The summed E-state index contributed by atoms with van der Waals surface area (Å²) in [4.78, 5) is 5.43. The standard InChI is InChI=1S/C16H17N3OS/c1-10(2)11-5-7-12(8-6-11)15-18-16(20-19-15)14(17)13-4-3-9-21-13/h3-10,14H,17H2,1-2H3. The van der Waals surface area contributed by atoms with Gasteiger partial charge in [-0.15, -0.1) is 11.3 Å². The molecule has 0 bridgehead atoms. The molecule has 2 aromatic heterocycles. The Hall–Kier alpha value is -1.98. The number of thiophene rings is 1. The van der Waals surface area contributed by atoms with Crippen molar-refractivity contribution >= 4 is 11.3 Å². The lowest BCUT2D eigenvalue weighted by Crippen LogP contribution is -2.10. The Kier molecular flexibility index (Phi) is 3.86. The van der Waals surface area contributed by atoms with E-state index in [0.717, 1.165) is 10.4 Å². The van der Waals surface area contributed by atoms with E-state index in [-0.39, 0.29) is 6.04 Å². The van der Waals surface area contributed by atoms with Crippen LogP contribution >= 0.6 is 11.3 Å². The number of hydrogen-bond donors (Lipinski definition) is 1. The van der Waals surface area contributed by atoms with Crippen LogP contribution in [0.5, 0.6) is 0 Å². The maximum atomic E-state index is 6.13. The quantitative estimate of drug-likeness (QED) is 0.791. The number of nitrogens with two attached hydrogens (primary N) is 1. The van der Waals surface area contributed by atoms with E-state index in [2.05, 4.69) is 36.1 Å². The van der Waals surface area contributed by atoms with Gasteiger partial charge in [0.2, 0.25) is 11.7 Å².